The third-order valence-electron chi connectivity index (χ3n) is 4.16. The molecule has 1 atom stereocenters. The second-order valence-electron chi connectivity index (χ2n) is 5.86. The van der Waals surface area contributed by atoms with Crippen LogP contribution < -0.4 is 5.32 Å². The van der Waals surface area contributed by atoms with Crippen molar-refractivity contribution < 1.29 is 4.52 Å². The SMILES string of the molecule is CNC(C)Cc1noc(-c2sc(C3CCCC3)nc2C)n1. The summed E-state index contributed by atoms with van der Waals surface area (Å²) in [4.78, 5) is 10.3. The molecule has 21 heavy (non-hydrogen) atoms. The van der Waals surface area contributed by atoms with Gasteiger partial charge in [-0.2, -0.15) is 4.98 Å². The number of likely N-dealkylation sites (N-methyl/N-ethyl adjacent to an activating group) is 1. The molecule has 2 aromatic heterocycles. The fourth-order valence-corrected chi connectivity index (χ4v) is 3.93. The molecule has 1 N–H and O–H groups in total. The van der Waals surface area contributed by atoms with Gasteiger partial charge in [0.1, 0.15) is 4.88 Å². The van der Waals surface area contributed by atoms with Crippen LogP contribution in [-0.4, -0.2) is 28.2 Å². The molecule has 0 bridgehead atoms. The van der Waals surface area contributed by atoms with E-state index in [-0.39, 0.29) is 0 Å². The summed E-state index contributed by atoms with van der Waals surface area (Å²) in [6.07, 6.45) is 5.95. The van der Waals surface area contributed by atoms with E-state index in [1.54, 1.807) is 11.3 Å². The lowest BCUT2D eigenvalue weighted by Gasteiger charge is -2.04. The molecular weight excluding hydrogens is 284 g/mol. The van der Waals surface area contributed by atoms with Crippen LogP contribution in [0.15, 0.2) is 4.52 Å². The quantitative estimate of drug-likeness (QED) is 0.918. The van der Waals surface area contributed by atoms with E-state index in [2.05, 4.69) is 22.4 Å². The minimum Gasteiger partial charge on any atom is -0.333 e. The van der Waals surface area contributed by atoms with Crippen LogP contribution in [0.4, 0.5) is 0 Å². The van der Waals surface area contributed by atoms with Crippen molar-refractivity contribution >= 4 is 11.3 Å². The van der Waals surface area contributed by atoms with Crippen LogP contribution >= 0.6 is 11.3 Å². The van der Waals surface area contributed by atoms with Crippen molar-refractivity contribution in [2.75, 3.05) is 7.05 Å². The van der Waals surface area contributed by atoms with Crippen molar-refractivity contribution in [1.29, 1.82) is 0 Å². The third-order valence-corrected chi connectivity index (χ3v) is 5.47. The minimum absolute atomic E-state index is 0.340. The Morgan fingerprint density at radius 2 is 2.10 bits per heavy atom. The number of nitrogens with zero attached hydrogens (tertiary/aromatic N) is 3. The smallest absolute Gasteiger partial charge is 0.269 e. The Balaban J connectivity index is 1.80. The summed E-state index contributed by atoms with van der Waals surface area (Å²) in [5.74, 6) is 2.00. The largest absolute Gasteiger partial charge is 0.333 e. The molecule has 2 aromatic rings. The zero-order valence-electron chi connectivity index (χ0n) is 12.8. The van der Waals surface area contributed by atoms with E-state index in [4.69, 9.17) is 9.51 Å². The Hall–Kier alpha value is -1.27. The molecule has 1 aliphatic rings. The third kappa shape index (κ3) is 3.16. The van der Waals surface area contributed by atoms with Gasteiger partial charge in [-0.05, 0) is 33.7 Å². The van der Waals surface area contributed by atoms with Crippen LogP contribution in [0.5, 0.6) is 0 Å². The predicted octanol–water partition coefficient (Wildman–Crippen LogP) is 3.31. The van der Waals surface area contributed by atoms with E-state index in [1.165, 1.54) is 30.7 Å². The van der Waals surface area contributed by atoms with Crippen molar-refractivity contribution in [3.8, 4) is 10.8 Å². The first-order chi connectivity index (χ1) is 10.2. The lowest BCUT2D eigenvalue weighted by molar-refractivity contribution is 0.418. The second kappa shape index (κ2) is 6.23. The average Bonchev–Trinajstić information content (AvgIpc) is 3.18. The number of aromatic nitrogens is 3. The molecule has 0 aromatic carbocycles. The molecule has 2 heterocycles. The highest BCUT2D eigenvalue weighted by Crippen LogP contribution is 2.39. The van der Waals surface area contributed by atoms with Crippen molar-refractivity contribution in [3.05, 3.63) is 16.5 Å². The molecule has 0 saturated heterocycles. The first kappa shape index (κ1) is 14.7. The summed E-state index contributed by atoms with van der Waals surface area (Å²) >= 11 is 1.72. The highest BCUT2D eigenvalue weighted by molar-refractivity contribution is 7.15. The number of nitrogens with one attached hydrogen (secondary N) is 1. The fraction of sp³-hybridized carbons (Fsp3) is 0.667. The van der Waals surface area contributed by atoms with Gasteiger partial charge in [-0.15, -0.1) is 11.3 Å². The molecule has 5 nitrogen and oxygen atoms in total. The molecule has 1 saturated carbocycles. The first-order valence-corrected chi connectivity index (χ1v) is 8.46. The van der Waals surface area contributed by atoms with Gasteiger partial charge in [-0.25, -0.2) is 4.98 Å². The van der Waals surface area contributed by atoms with Gasteiger partial charge < -0.3 is 9.84 Å². The van der Waals surface area contributed by atoms with Gasteiger partial charge in [-0.3, -0.25) is 0 Å². The fourth-order valence-electron chi connectivity index (χ4n) is 2.77. The van der Waals surface area contributed by atoms with E-state index in [0.717, 1.165) is 22.8 Å². The van der Waals surface area contributed by atoms with Crippen LogP contribution in [0.2, 0.25) is 0 Å². The minimum atomic E-state index is 0.340. The van der Waals surface area contributed by atoms with Crippen LogP contribution in [0.1, 0.15) is 55.1 Å². The van der Waals surface area contributed by atoms with E-state index in [9.17, 15) is 0 Å². The topological polar surface area (TPSA) is 63.8 Å². The van der Waals surface area contributed by atoms with E-state index < -0.39 is 0 Å². The van der Waals surface area contributed by atoms with Crippen molar-refractivity contribution in [3.63, 3.8) is 0 Å². The van der Waals surface area contributed by atoms with E-state index in [0.29, 0.717) is 17.9 Å². The lowest BCUT2D eigenvalue weighted by atomic mass is 10.1. The summed E-state index contributed by atoms with van der Waals surface area (Å²) in [7, 11) is 1.94. The first-order valence-electron chi connectivity index (χ1n) is 7.65. The molecule has 1 aliphatic carbocycles. The second-order valence-corrected chi connectivity index (χ2v) is 6.89. The number of aryl methyl sites for hydroxylation is 1. The van der Waals surface area contributed by atoms with E-state index in [1.807, 2.05) is 14.0 Å². The number of hydrogen-bond donors (Lipinski definition) is 1. The van der Waals surface area contributed by atoms with Crippen LogP contribution in [-0.2, 0) is 6.42 Å². The Kier molecular flexibility index (Phi) is 4.35. The average molecular weight is 306 g/mol. The van der Waals surface area contributed by atoms with Gasteiger partial charge in [0.15, 0.2) is 5.82 Å². The molecule has 0 amide bonds. The summed E-state index contributed by atoms with van der Waals surface area (Å²) in [6, 6.07) is 0.340. The zero-order chi connectivity index (χ0) is 14.8. The molecule has 0 radical (unpaired) electrons. The van der Waals surface area contributed by atoms with Crippen molar-refractivity contribution in [2.45, 2.75) is 57.9 Å². The summed E-state index contributed by atoms with van der Waals surface area (Å²) in [5, 5.41) is 8.50. The van der Waals surface area contributed by atoms with Gasteiger partial charge in [0.25, 0.3) is 5.89 Å². The maximum absolute atomic E-state index is 5.43. The molecule has 1 unspecified atom stereocenters. The standard InChI is InChI=1S/C15H22N4OS/c1-9(16-3)8-12-18-14(20-19-12)13-10(2)17-15(21-13)11-6-4-5-7-11/h9,11,16H,4-8H2,1-3H3. The summed E-state index contributed by atoms with van der Waals surface area (Å²) in [5.41, 5.74) is 1.01. The van der Waals surface area contributed by atoms with Gasteiger partial charge in [0.05, 0.1) is 10.7 Å². The molecule has 6 heteroatoms. The zero-order valence-corrected chi connectivity index (χ0v) is 13.7. The molecule has 1 fully saturated rings. The number of thiazole rings is 1. The highest BCUT2D eigenvalue weighted by Gasteiger charge is 2.24. The number of rotatable bonds is 5. The Labute approximate surface area is 129 Å². The number of hydrogen-bond acceptors (Lipinski definition) is 6. The molecule has 114 valence electrons. The molecular formula is C15H22N4OS. The van der Waals surface area contributed by atoms with Gasteiger partial charge >= 0.3 is 0 Å². The Morgan fingerprint density at radius 3 is 2.81 bits per heavy atom. The van der Waals surface area contributed by atoms with Crippen LogP contribution in [0.25, 0.3) is 10.8 Å². The highest BCUT2D eigenvalue weighted by atomic mass is 32.1. The van der Waals surface area contributed by atoms with Crippen LogP contribution in [0, 0.1) is 6.92 Å². The van der Waals surface area contributed by atoms with Gasteiger partial charge in [-0.1, -0.05) is 18.0 Å². The maximum Gasteiger partial charge on any atom is 0.269 e. The normalized spacial score (nSPS) is 17.5. The molecule has 3 rings (SSSR count). The van der Waals surface area contributed by atoms with Crippen molar-refractivity contribution in [2.24, 2.45) is 0 Å². The maximum atomic E-state index is 5.43. The Morgan fingerprint density at radius 1 is 1.33 bits per heavy atom. The molecule has 0 aliphatic heterocycles. The van der Waals surface area contributed by atoms with Crippen LogP contribution in [0.3, 0.4) is 0 Å². The Bertz CT molecular complexity index is 601. The van der Waals surface area contributed by atoms with Crippen molar-refractivity contribution in [1.82, 2.24) is 20.4 Å². The van der Waals surface area contributed by atoms with Gasteiger partial charge in [0.2, 0.25) is 0 Å². The summed E-state index contributed by atoms with van der Waals surface area (Å²) < 4.78 is 5.43. The monoisotopic (exact) mass is 306 g/mol. The van der Waals surface area contributed by atoms with Gasteiger partial charge in [0, 0.05) is 18.4 Å². The lowest BCUT2D eigenvalue weighted by Crippen LogP contribution is -2.24. The molecule has 0 spiro atoms. The summed E-state index contributed by atoms with van der Waals surface area (Å²) in [6.45, 7) is 4.14. The van der Waals surface area contributed by atoms with E-state index >= 15 is 0 Å². The predicted molar refractivity (Wildman–Crippen MR) is 83.6 cm³/mol.